The molecule has 0 saturated carbocycles. The quantitative estimate of drug-likeness (QED) is 0.642. The average Bonchev–Trinajstić information content (AvgIpc) is 2.43. The predicted molar refractivity (Wildman–Crippen MR) is 76.2 cm³/mol. The summed E-state index contributed by atoms with van der Waals surface area (Å²) in [5.74, 6) is 1.79. The van der Waals surface area contributed by atoms with Gasteiger partial charge in [-0.25, -0.2) is 4.98 Å². The Hall–Kier alpha value is -2.03. The van der Waals surface area contributed by atoms with Crippen LogP contribution in [0, 0.1) is 0 Å². The summed E-state index contributed by atoms with van der Waals surface area (Å²) in [4.78, 5) is 4.39. The van der Waals surface area contributed by atoms with Crippen LogP contribution in [0.15, 0.2) is 42.6 Å². The van der Waals surface area contributed by atoms with E-state index in [9.17, 15) is 0 Å². The average molecular weight is 242 g/mol. The summed E-state index contributed by atoms with van der Waals surface area (Å²) in [6, 6.07) is 7.99. The molecule has 2 aromatic rings. The molecular formula is C15H18N2O. The van der Waals surface area contributed by atoms with Crippen molar-refractivity contribution in [3.8, 4) is 5.75 Å². The van der Waals surface area contributed by atoms with E-state index < -0.39 is 0 Å². The normalized spacial score (nSPS) is 11.0. The third kappa shape index (κ3) is 2.62. The van der Waals surface area contributed by atoms with Gasteiger partial charge in [0.15, 0.2) is 0 Å². The molecule has 0 radical (unpaired) electrons. The van der Waals surface area contributed by atoms with E-state index in [0.29, 0.717) is 0 Å². The lowest BCUT2D eigenvalue weighted by molar-refractivity contribution is 0.420. The lowest BCUT2D eigenvalue weighted by atomic mass is 10.1. The van der Waals surface area contributed by atoms with Crippen molar-refractivity contribution in [1.29, 1.82) is 0 Å². The second-order valence-corrected chi connectivity index (χ2v) is 4.00. The molecule has 94 valence electrons. The first-order valence-electron chi connectivity index (χ1n) is 6.13. The van der Waals surface area contributed by atoms with Crippen molar-refractivity contribution in [1.82, 2.24) is 4.98 Å². The molecule has 1 aromatic heterocycles. The molecular weight excluding hydrogens is 224 g/mol. The zero-order chi connectivity index (χ0) is 12.8. The number of nitrogens with one attached hydrogen (secondary N) is 1. The monoisotopic (exact) mass is 242 g/mol. The van der Waals surface area contributed by atoms with E-state index in [0.717, 1.165) is 35.3 Å². The van der Waals surface area contributed by atoms with Gasteiger partial charge in [-0.2, -0.15) is 0 Å². The van der Waals surface area contributed by atoms with Crippen LogP contribution in [-0.4, -0.2) is 18.6 Å². The summed E-state index contributed by atoms with van der Waals surface area (Å²) in [5.41, 5.74) is 0. The Balaban J connectivity index is 2.28. The maximum Gasteiger partial charge on any atom is 0.133 e. The van der Waals surface area contributed by atoms with Crippen LogP contribution < -0.4 is 10.1 Å². The van der Waals surface area contributed by atoms with Gasteiger partial charge in [0.1, 0.15) is 11.6 Å². The summed E-state index contributed by atoms with van der Waals surface area (Å²) in [6.45, 7) is 2.91. The van der Waals surface area contributed by atoms with Crippen LogP contribution in [0.2, 0.25) is 0 Å². The fourth-order valence-electron chi connectivity index (χ4n) is 1.94. The highest BCUT2D eigenvalue weighted by atomic mass is 16.5. The molecule has 0 atom stereocenters. The minimum Gasteiger partial charge on any atom is -0.496 e. The van der Waals surface area contributed by atoms with Gasteiger partial charge in [-0.3, -0.25) is 0 Å². The van der Waals surface area contributed by atoms with Gasteiger partial charge >= 0.3 is 0 Å². The molecule has 0 spiro atoms. The van der Waals surface area contributed by atoms with Crippen LogP contribution in [0.25, 0.3) is 10.8 Å². The van der Waals surface area contributed by atoms with Crippen molar-refractivity contribution in [2.75, 3.05) is 19.0 Å². The van der Waals surface area contributed by atoms with Gasteiger partial charge in [-0.05, 0) is 25.5 Å². The fraction of sp³-hybridized carbons (Fsp3) is 0.267. The largest absolute Gasteiger partial charge is 0.496 e. The SMILES string of the molecule is C/C=C/CCNc1nccc2c(OC)cccc12. The maximum absolute atomic E-state index is 5.36. The van der Waals surface area contributed by atoms with E-state index in [1.165, 1.54) is 0 Å². The third-order valence-corrected chi connectivity index (χ3v) is 2.83. The summed E-state index contributed by atoms with van der Waals surface area (Å²) < 4.78 is 5.36. The zero-order valence-corrected chi connectivity index (χ0v) is 10.8. The van der Waals surface area contributed by atoms with Gasteiger partial charge in [0.05, 0.1) is 7.11 Å². The molecule has 18 heavy (non-hydrogen) atoms. The Labute approximate surface area is 107 Å². The standard InChI is InChI=1S/C15H18N2O/c1-3-4-5-10-16-15-13-7-6-8-14(18-2)12(13)9-11-17-15/h3-4,6-9,11H,5,10H2,1-2H3,(H,16,17)/b4-3+. The third-order valence-electron chi connectivity index (χ3n) is 2.83. The molecule has 1 aromatic carbocycles. The van der Waals surface area contributed by atoms with Crippen LogP contribution in [0.1, 0.15) is 13.3 Å². The van der Waals surface area contributed by atoms with Crippen LogP contribution in [0.4, 0.5) is 5.82 Å². The van der Waals surface area contributed by atoms with Crippen LogP contribution in [0.3, 0.4) is 0 Å². The van der Waals surface area contributed by atoms with E-state index in [1.54, 1.807) is 7.11 Å². The second-order valence-electron chi connectivity index (χ2n) is 4.00. The summed E-state index contributed by atoms with van der Waals surface area (Å²) in [5, 5.41) is 5.54. The minimum atomic E-state index is 0.881. The Morgan fingerprint density at radius 3 is 2.94 bits per heavy atom. The Bertz CT molecular complexity index is 549. The number of fused-ring (bicyclic) bond motifs is 1. The van der Waals surface area contributed by atoms with E-state index >= 15 is 0 Å². The van der Waals surface area contributed by atoms with Crippen LogP contribution in [-0.2, 0) is 0 Å². The van der Waals surface area contributed by atoms with E-state index in [2.05, 4.69) is 28.5 Å². The van der Waals surface area contributed by atoms with Crippen LogP contribution >= 0.6 is 0 Å². The highest BCUT2D eigenvalue weighted by molar-refractivity contribution is 5.95. The lowest BCUT2D eigenvalue weighted by Gasteiger charge is -2.10. The van der Waals surface area contributed by atoms with Crippen LogP contribution in [0.5, 0.6) is 5.75 Å². The Morgan fingerprint density at radius 2 is 2.17 bits per heavy atom. The first-order valence-corrected chi connectivity index (χ1v) is 6.13. The minimum absolute atomic E-state index is 0.881. The smallest absolute Gasteiger partial charge is 0.133 e. The molecule has 0 bridgehead atoms. The van der Waals surface area contributed by atoms with E-state index in [-0.39, 0.29) is 0 Å². The summed E-state index contributed by atoms with van der Waals surface area (Å²) in [6.07, 6.45) is 7.00. The Morgan fingerprint density at radius 1 is 1.28 bits per heavy atom. The number of benzene rings is 1. The maximum atomic E-state index is 5.36. The molecule has 0 aliphatic heterocycles. The van der Waals surface area contributed by atoms with E-state index in [1.807, 2.05) is 31.3 Å². The van der Waals surface area contributed by atoms with Crippen molar-refractivity contribution in [2.45, 2.75) is 13.3 Å². The second kappa shape index (κ2) is 6.05. The molecule has 0 fully saturated rings. The van der Waals surface area contributed by atoms with Crippen molar-refractivity contribution in [3.63, 3.8) is 0 Å². The predicted octanol–water partition coefficient (Wildman–Crippen LogP) is 3.62. The number of hydrogen-bond donors (Lipinski definition) is 1. The molecule has 1 heterocycles. The van der Waals surface area contributed by atoms with Gasteiger partial charge in [0, 0.05) is 23.5 Å². The van der Waals surface area contributed by atoms with Gasteiger partial charge in [0.2, 0.25) is 0 Å². The molecule has 0 unspecified atom stereocenters. The molecule has 2 rings (SSSR count). The number of anilines is 1. The number of allylic oxidation sites excluding steroid dienone is 1. The van der Waals surface area contributed by atoms with E-state index in [4.69, 9.17) is 4.74 Å². The molecule has 0 aliphatic rings. The number of ether oxygens (including phenoxy) is 1. The molecule has 3 heteroatoms. The number of methoxy groups -OCH3 is 1. The fourth-order valence-corrected chi connectivity index (χ4v) is 1.94. The lowest BCUT2D eigenvalue weighted by Crippen LogP contribution is -2.02. The molecule has 0 saturated heterocycles. The number of hydrogen-bond acceptors (Lipinski definition) is 3. The number of pyridine rings is 1. The summed E-state index contributed by atoms with van der Waals surface area (Å²) in [7, 11) is 1.69. The van der Waals surface area contributed by atoms with Crippen molar-refractivity contribution >= 4 is 16.6 Å². The van der Waals surface area contributed by atoms with Gasteiger partial charge in [-0.15, -0.1) is 0 Å². The van der Waals surface area contributed by atoms with Gasteiger partial charge < -0.3 is 10.1 Å². The number of aromatic nitrogens is 1. The molecule has 0 aliphatic carbocycles. The first kappa shape index (κ1) is 12.4. The summed E-state index contributed by atoms with van der Waals surface area (Å²) >= 11 is 0. The van der Waals surface area contributed by atoms with Gasteiger partial charge in [0.25, 0.3) is 0 Å². The number of nitrogens with zero attached hydrogens (tertiary/aromatic N) is 1. The first-order chi connectivity index (χ1) is 8.86. The molecule has 3 nitrogen and oxygen atoms in total. The Kier molecular flexibility index (Phi) is 4.18. The van der Waals surface area contributed by atoms with Crippen molar-refractivity contribution in [3.05, 3.63) is 42.6 Å². The molecule has 0 amide bonds. The topological polar surface area (TPSA) is 34.2 Å². The number of rotatable bonds is 5. The van der Waals surface area contributed by atoms with Gasteiger partial charge in [-0.1, -0.05) is 24.3 Å². The zero-order valence-electron chi connectivity index (χ0n) is 10.8. The highest BCUT2D eigenvalue weighted by Crippen LogP contribution is 2.28. The van der Waals surface area contributed by atoms with Crippen molar-refractivity contribution < 1.29 is 4.74 Å². The molecule has 1 N–H and O–H groups in total. The van der Waals surface area contributed by atoms with Crippen molar-refractivity contribution in [2.24, 2.45) is 0 Å². The highest BCUT2D eigenvalue weighted by Gasteiger charge is 2.05.